The van der Waals surface area contributed by atoms with Crippen LogP contribution >= 0.6 is 23.5 Å². The molecule has 1 aromatic rings. The van der Waals surface area contributed by atoms with Gasteiger partial charge in [-0.25, -0.2) is 4.79 Å². The highest BCUT2D eigenvalue weighted by Crippen LogP contribution is 2.43. The average Bonchev–Trinajstić information content (AvgIpc) is 2.91. The molecule has 8 heteroatoms. The Labute approximate surface area is 140 Å². The van der Waals surface area contributed by atoms with E-state index in [0.29, 0.717) is 9.80 Å². The summed E-state index contributed by atoms with van der Waals surface area (Å²) in [5, 5.41) is 20.3. The number of aliphatic carboxylic acids is 1. The van der Waals surface area contributed by atoms with Crippen molar-refractivity contribution in [3.05, 3.63) is 55.8 Å². The number of ketones is 1. The molecule has 0 saturated carbocycles. The summed E-state index contributed by atoms with van der Waals surface area (Å²) in [7, 11) is 0. The van der Waals surface area contributed by atoms with Gasteiger partial charge in [-0.05, 0) is 11.6 Å². The van der Waals surface area contributed by atoms with E-state index >= 15 is 0 Å². The first-order valence-electron chi connectivity index (χ1n) is 6.62. The summed E-state index contributed by atoms with van der Waals surface area (Å²) < 4.78 is 0.513. The van der Waals surface area contributed by atoms with Gasteiger partial charge in [0.05, 0.1) is 9.16 Å². The predicted molar refractivity (Wildman–Crippen MR) is 91.3 cm³/mol. The highest BCUT2D eigenvalue weighted by atomic mass is 32.2. The molecule has 0 spiro atoms. The fourth-order valence-electron chi connectivity index (χ4n) is 1.87. The monoisotopic (exact) mass is 351 g/mol. The van der Waals surface area contributed by atoms with Gasteiger partial charge in [0.1, 0.15) is 5.57 Å². The number of benzene rings is 1. The lowest BCUT2D eigenvalue weighted by atomic mass is 10.1. The zero-order valence-electron chi connectivity index (χ0n) is 12.1. The minimum Gasteiger partial charge on any atom is -0.477 e. The number of carboxylic acid groups (broad SMARTS) is 1. The largest absolute Gasteiger partial charge is 0.477 e. The van der Waals surface area contributed by atoms with Crippen molar-refractivity contribution >= 4 is 47.0 Å². The molecule has 6 nitrogen and oxygen atoms in total. The topological polar surface area (TPSA) is 97.5 Å². The molecule has 0 radical (unpaired) electrons. The molecule has 1 heterocycles. The Morgan fingerprint density at radius 3 is 2.74 bits per heavy atom. The fraction of sp³-hybridized carbons (Fsp3) is 0.200. The van der Waals surface area contributed by atoms with Crippen LogP contribution < -0.4 is 0 Å². The Bertz CT molecular complexity index is 726. The third-order valence-corrected chi connectivity index (χ3v) is 5.90. The van der Waals surface area contributed by atoms with Gasteiger partial charge in [0.15, 0.2) is 5.78 Å². The maximum atomic E-state index is 12.2. The molecule has 1 aliphatic heterocycles. The number of thioether (sulfide) groups is 2. The Kier molecular flexibility index (Phi) is 5.62. The molecular formula is C15H13NO5S2. The van der Waals surface area contributed by atoms with E-state index in [0.717, 1.165) is 11.8 Å². The molecule has 0 aliphatic carbocycles. The van der Waals surface area contributed by atoms with Gasteiger partial charge in [-0.2, -0.15) is 0 Å². The van der Waals surface area contributed by atoms with Gasteiger partial charge < -0.3 is 5.11 Å². The molecule has 1 N–H and O–H groups in total. The smallest absolute Gasteiger partial charge is 0.341 e. The normalized spacial score (nSPS) is 19.8. The summed E-state index contributed by atoms with van der Waals surface area (Å²) >= 11 is 2.74. The third kappa shape index (κ3) is 4.46. The van der Waals surface area contributed by atoms with Crippen LogP contribution in [-0.4, -0.2) is 32.8 Å². The Morgan fingerprint density at radius 2 is 2.17 bits per heavy atom. The van der Waals surface area contributed by atoms with Crippen molar-refractivity contribution in [2.45, 2.75) is 12.2 Å². The second-order valence-corrected chi connectivity index (χ2v) is 7.49. The molecular weight excluding hydrogens is 338 g/mol. The maximum absolute atomic E-state index is 12.2. The van der Waals surface area contributed by atoms with Crippen molar-refractivity contribution in [2.75, 3.05) is 5.75 Å². The SMILES string of the molecule is C[C@@H]1CS/C(=C(/C(=O)O)C(=O)/C=C/c2cccc([N+](=O)[O-])c2)S1. The van der Waals surface area contributed by atoms with Crippen LogP contribution in [0.1, 0.15) is 12.5 Å². The third-order valence-electron chi connectivity index (χ3n) is 2.93. The first kappa shape index (κ1) is 17.3. The summed E-state index contributed by atoms with van der Waals surface area (Å²) in [6, 6.07) is 5.77. The minimum atomic E-state index is -1.26. The predicted octanol–water partition coefficient (Wildman–Crippen LogP) is 3.34. The number of hydrogen-bond acceptors (Lipinski definition) is 6. The van der Waals surface area contributed by atoms with Gasteiger partial charge in [0.25, 0.3) is 5.69 Å². The number of carbonyl (C=O) groups is 2. The molecule has 1 saturated heterocycles. The molecule has 0 unspecified atom stereocenters. The van der Waals surface area contributed by atoms with Gasteiger partial charge in [-0.3, -0.25) is 14.9 Å². The summed E-state index contributed by atoms with van der Waals surface area (Å²) in [6.45, 7) is 1.97. The highest BCUT2D eigenvalue weighted by molar-refractivity contribution is 8.25. The lowest BCUT2D eigenvalue weighted by Crippen LogP contribution is -2.11. The van der Waals surface area contributed by atoms with Crippen LogP contribution in [0.5, 0.6) is 0 Å². The minimum absolute atomic E-state index is 0.0906. The number of hydrogen-bond donors (Lipinski definition) is 1. The molecule has 0 amide bonds. The first-order chi connectivity index (χ1) is 10.9. The number of carbonyl (C=O) groups excluding carboxylic acids is 1. The molecule has 120 valence electrons. The molecule has 0 aromatic heterocycles. The van der Waals surface area contributed by atoms with Gasteiger partial charge >= 0.3 is 5.97 Å². The lowest BCUT2D eigenvalue weighted by molar-refractivity contribution is -0.384. The van der Waals surface area contributed by atoms with Crippen molar-refractivity contribution in [2.24, 2.45) is 0 Å². The van der Waals surface area contributed by atoms with Crippen molar-refractivity contribution in [1.82, 2.24) is 0 Å². The second kappa shape index (κ2) is 7.47. The molecule has 1 atom stereocenters. The molecule has 0 bridgehead atoms. The number of rotatable bonds is 5. The summed E-state index contributed by atoms with van der Waals surface area (Å²) in [6.07, 6.45) is 2.52. The van der Waals surface area contributed by atoms with Crippen LogP contribution in [-0.2, 0) is 9.59 Å². The van der Waals surface area contributed by atoms with Crippen LogP contribution in [0, 0.1) is 10.1 Å². The number of nitro groups is 1. The number of non-ortho nitro benzene ring substituents is 1. The van der Waals surface area contributed by atoms with E-state index in [4.69, 9.17) is 0 Å². The Hall–Kier alpha value is -2.06. The van der Waals surface area contributed by atoms with E-state index in [-0.39, 0.29) is 16.5 Å². The molecule has 1 aliphatic rings. The average molecular weight is 351 g/mol. The van der Waals surface area contributed by atoms with E-state index in [1.54, 1.807) is 6.07 Å². The van der Waals surface area contributed by atoms with Crippen LogP contribution in [0.2, 0.25) is 0 Å². The van der Waals surface area contributed by atoms with Crippen LogP contribution in [0.4, 0.5) is 5.69 Å². The molecule has 1 fully saturated rings. The number of nitro benzene ring substituents is 1. The van der Waals surface area contributed by atoms with Gasteiger partial charge in [-0.1, -0.05) is 25.1 Å². The first-order valence-corrected chi connectivity index (χ1v) is 8.49. The summed E-state index contributed by atoms with van der Waals surface area (Å²) in [5.74, 6) is -1.12. The Balaban J connectivity index is 2.24. The highest BCUT2D eigenvalue weighted by Gasteiger charge is 2.27. The van der Waals surface area contributed by atoms with E-state index in [1.165, 1.54) is 47.8 Å². The quantitative estimate of drug-likeness (QED) is 0.286. The van der Waals surface area contributed by atoms with E-state index in [9.17, 15) is 24.8 Å². The number of nitrogens with zero attached hydrogens (tertiary/aromatic N) is 1. The zero-order valence-corrected chi connectivity index (χ0v) is 13.7. The van der Waals surface area contributed by atoms with E-state index in [1.807, 2.05) is 6.92 Å². The molecule has 23 heavy (non-hydrogen) atoms. The Morgan fingerprint density at radius 1 is 1.43 bits per heavy atom. The van der Waals surface area contributed by atoms with E-state index in [2.05, 4.69) is 0 Å². The molecule has 2 rings (SSSR count). The standard InChI is InChI=1S/C15H13NO5S2/c1-9-8-22-15(23-9)13(14(18)19)12(17)6-5-10-3-2-4-11(7-10)16(20)21/h2-7,9H,8H2,1H3,(H,18,19)/b6-5+,15-13-/t9-/m1/s1. The number of allylic oxidation sites excluding steroid dienone is 1. The summed E-state index contributed by atoms with van der Waals surface area (Å²) in [4.78, 5) is 33.7. The second-order valence-electron chi connectivity index (χ2n) is 4.76. The van der Waals surface area contributed by atoms with Crippen molar-refractivity contribution in [3.8, 4) is 0 Å². The van der Waals surface area contributed by atoms with Crippen molar-refractivity contribution < 1.29 is 19.6 Å². The van der Waals surface area contributed by atoms with Crippen LogP contribution in [0.15, 0.2) is 40.2 Å². The van der Waals surface area contributed by atoms with Crippen LogP contribution in [0.3, 0.4) is 0 Å². The van der Waals surface area contributed by atoms with Gasteiger partial charge in [0, 0.05) is 23.1 Å². The molecule has 1 aromatic carbocycles. The van der Waals surface area contributed by atoms with Gasteiger partial charge in [0.2, 0.25) is 0 Å². The zero-order chi connectivity index (χ0) is 17.0. The van der Waals surface area contributed by atoms with Crippen LogP contribution in [0.25, 0.3) is 6.08 Å². The van der Waals surface area contributed by atoms with Gasteiger partial charge in [-0.15, -0.1) is 23.5 Å². The summed E-state index contributed by atoms with van der Waals surface area (Å²) in [5.41, 5.74) is 0.126. The number of carboxylic acids is 1. The van der Waals surface area contributed by atoms with E-state index < -0.39 is 16.7 Å². The lowest BCUT2D eigenvalue weighted by Gasteiger charge is -2.02. The fourth-order valence-corrected chi connectivity index (χ4v) is 4.70. The van der Waals surface area contributed by atoms with Crippen molar-refractivity contribution in [3.63, 3.8) is 0 Å². The maximum Gasteiger partial charge on any atom is 0.341 e. The van der Waals surface area contributed by atoms with Crippen molar-refractivity contribution in [1.29, 1.82) is 0 Å².